The highest BCUT2D eigenvalue weighted by Gasteiger charge is 2.15. The zero-order valence-corrected chi connectivity index (χ0v) is 45.0. The van der Waals surface area contributed by atoms with Gasteiger partial charge in [0.2, 0.25) is 17.1 Å². The van der Waals surface area contributed by atoms with E-state index in [2.05, 4.69) is 80.4 Å². The lowest BCUT2D eigenvalue weighted by atomic mass is 10.2. The third kappa shape index (κ3) is 21.6. The number of aromatic nitrogens is 6. The maximum absolute atomic E-state index is 13.6. The molecule has 16 nitrogen and oxygen atoms in total. The van der Waals surface area contributed by atoms with Crippen molar-refractivity contribution in [1.29, 1.82) is 0 Å². The van der Waals surface area contributed by atoms with Gasteiger partial charge in [-0.25, -0.2) is 31.3 Å². The number of nitrogens with two attached hydrogens (primary N) is 1. The number of nitrogens with one attached hydrogen (secondary N) is 5. The summed E-state index contributed by atoms with van der Waals surface area (Å²) >= 11 is 20.9. The van der Waals surface area contributed by atoms with Gasteiger partial charge in [-0.1, -0.05) is 32.5 Å². The molecule has 0 atom stereocenters. The Morgan fingerprint density at radius 2 is 1.05 bits per heavy atom. The predicted octanol–water partition coefficient (Wildman–Crippen LogP) is 11.3. The van der Waals surface area contributed by atoms with Gasteiger partial charge in [-0.3, -0.25) is 24.4 Å². The minimum absolute atomic E-state index is 0.00329. The zero-order chi connectivity index (χ0) is 55.7. The number of hydrogen-bond donors (Lipinski definition) is 6. The summed E-state index contributed by atoms with van der Waals surface area (Å²) in [7, 11) is 3.51. The number of alkyl halides is 2. The van der Waals surface area contributed by atoms with Crippen LogP contribution in [0.15, 0.2) is 66.1 Å². The minimum Gasteiger partial charge on any atom is -0.491 e. The Bertz CT molecular complexity index is 2930. The average Bonchev–Trinajstić information content (AvgIpc) is 3.93. The van der Waals surface area contributed by atoms with Crippen molar-refractivity contribution in [2.45, 2.75) is 39.8 Å². The average molecular weight is 1140 g/mol. The Labute approximate surface area is 446 Å². The molecule has 0 aliphatic rings. The number of carbonyl (C=O) groups is 3. The van der Waals surface area contributed by atoms with Crippen LogP contribution in [-0.4, -0.2) is 110 Å². The summed E-state index contributed by atoms with van der Waals surface area (Å²) < 4.78 is 92.9. The molecule has 0 unspecified atom stereocenters. The molecule has 0 bridgehead atoms. The monoisotopic (exact) mass is 1140 g/mol. The van der Waals surface area contributed by atoms with Crippen molar-refractivity contribution in [3.8, 4) is 17.2 Å². The number of aryl methyl sites for hydroxylation is 2. The van der Waals surface area contributed by atoms with E-state index in [1.807, 2.05) is 26.0 Å². The van der Waals surface area contributed by atoms with E-state index in [1.54, 1.807) is 12.4 Å². The number of thioether (sulfide) groups is 1. The van der Waals surface area contributed by atoms with Crippen molar-refractivity contribution >= 4 is 115 Å². The number of nitrogen functional groups attached to an aromatic ring is 1. The van der Waals surface area contributed by atoms with E-state index >= 15 is 0 Å². The van der Waals surface area contributed by atoms with E-state index in [-0.39, 0.29) is 34.6 Å². The number of fused-ring (bicyclic) bond motifs is 2. The molecule has 74 heavy (non-hydrogen) atoms. The summed E-state index contributed by atoms with van der Waals surface area (Å²) in [4.78, 5) is 56.3. The smallest absolute Gasteiger partial charge is 0.239 e. The first kappa shape index (κ1) is 63.8. The number of hydrogen-bond acceptors (Lipinski definition) is 13. The zero-order valence-electron chi connectivity index (χ0n) is 41.1. The van der Waals surface area contributed by atoms with Crippen LogP contribution in [0.4, 0.5) is 43.4 Å². The number of rotatable bonds is 13. The number of aromatic amines is 3. The second kappa shape index (κ2) is 32.8. The van der Waals surface area contributed by atoms with Crippen molar-refractivity contribution in [3.05, 3.63) is 112 Å². The van der Waals surface area contributed by atoms with Crippen LogP contribution in [0.1, 0.15) is 32.2 Å². The van der Waals surface area contributed by atoms with Crippen molar-refractivity contribution in [3.63, 3.8) is 0 Å². The van der Waals surface area contributed by atoms with Crippen LogP contribution in [0.2, 0.25) is 0 Å². The Morgan fingerprint density at radius 3 is 1.46 bits per heavy atom. The van der Waals surface area contributed by atoms with Gasteiger partial charge < -0.3 is 50.4 Å². The van der Waals surface area contributed by atoms with E-state index < -0.39 is 69.2 Å². The SMILES string of the molecule is CCN(CC)CC.COc1c(F)cc(N)cc1F.COc1c(F)cc(NC(=O)CCl)cc1F.COc1c(F)cc(NC(=O)CSc2nc3cc(C)ncc3[nH]2)cc1F.Cc1cc2[nH]c(=S)[nH]c2cn1.O=C(Cl)CCl. The number of halogens is 9. The van der Waals surface area contributed by atoms with E-state index in [4.69, 9.17) is 52.8 Å². The number of amides is 2. The normalized spacial score (nSPS) is 10.2. The maximum Gasteiger partial charge on any atom is 0.239 e. The number of pyridine rings is 2. The molecule has 0 fully saturated rings. The number of benzene rings is 3. The van der Waals surface area contributed by atoms with Crippen LogP contribution in [0.3, 0.4) is 0 Å². The number of H-pyrrole nitrogens is 3. The third-order valence-electron chi connectivity index (χ3n) is 9.12. The summed E-state index contributed by atoms with van der Waals surface area (Å²) in [6, 6.07) is 9.70. The molecule has 402 valence electrons. The van der Waals surface area contributed by atoms with Crippen LogP contribution in [-0.2, 0) is 14.4 Å². The molecule has 7 N–H and O–H groups in total. The molecule has 2 amide bonds. The minimum atomic E-state index is -0.887. The molecule has 0 radical (unpaired) electrons. The summed E-state index contributed by atoms with van der Waals surface area (Å²) in [5.41, 5.74) is 10.5. The molecule has 7 aromatic rings. The van der Waals surface area contributed by atoms with Crippen molar-refractivity contribution in [2.24, 2.45) is 0 Å². The second-order valence-electron chi connectivity index (χ2n) is 14.4. The number of nitrogens with zero attached hydrogens (tertiary/aromatic N) is 4. The molecule has 7 rings (SSSR count). The Morgan fingerprint density at radius 1 is 0.649 bits per heavy atom. The number of carbonyl (C=O) groups excluding carboxylic acids is 3. The van der Waals surface area contributed by atoms with Gasteiger partial charge in [0.25, 0.3) is 0 Å². The van der Waals surface area contributed by atoms with Crippen molar-refractivity contribution in [1.82, 2.24) is 34.8 Å². The second-order valence-corrected chi connectivity index (χ2v) is 16.8. The lowest BCUT2D eigenvalue weighted by molar-refractivity contribution is -0.114. The van der Waals surface area contributed by atoms with Gasteiger partial charge in [-0.05, 0) is 69.4 Å². The number of ether oxygens (including phenoxy) is 3. The van der Waals surface area contributed by atoms with Gasteiger partial charge >= 0.3 is 0 Å². The Hall–Kier alpha value is -6.31. The van der Waals surface area contributed by atoms with E-state index in [9.17, 15) is 40.7 Å². The van der Waals surface area contributed by atoms with Gasteiger partial charge in [0.05, 0.1) is 67.4 Å². The molecule has 4 aromatic heterocycles. The first-order valence-electron chi connectivity index (χ1n) is 21.5. The third-order valence-corrected chi connectivity index (χ3v) is 11.0. The van der Waals surface area contributed by atoms with E-state index in [0.29, 0.717) is 9.93 Å². The molecule has 27 heteroatoms. The molecule has 0 saturated carbocycles. The largest absolute Gasteiger partial charge is 0.491 e. The topological polar surface area (TPSA) is 218 Å². The van der Waals surface area contributed by atoms with Crippen LogP contribution < -0.4 is 30.6 Å². The lowest BCUT2D eigenvalue weighted by Gasteiger charge is -2.13. The van der Waals surface area contributed by atoms with E-state index in [1.165, 1.54) is 45.6 Å². The van der Waals surface area contributed by atoms with Crippen molar-refractivity contribution < 1.29 is 54.9 Å². The maximum atomic E-state index is 13.6. The summed E-state index contributed by atoms with van der Waals surface area (Å²) in [6.45, 7) is 13.9. The van der Waals surface area contributed by atoms with Gasteiger partial charge in [0.1, 0.15) is 5.88 Å². The van der Waals surface area contributed by atoms with Crippen LogP contribution in [0.5, 0.6) is 17.2 Å². The lowest BCUT2D eigenvalue weighted by Crippen LogP contribution is -2.21. The first-order valence-corrected chi connectivity index (χ1v) is 24.4. The fourth-order valence-corrected chi connectivity index (χ4v) is 6.69. The summed E-state index contributed by atoms with van der Waals surface area (Å²) in [5, 5.41) is 4.71. The van der Waals surface area contributed by atoms with Crippen LogP contribution >= 0.6 is 58.8 Å². The molecule has 0 aliphatic heterocycles. The molecule has 0 saturated heterocycles. The van der Waals surface area contributed by atoms with Gasteiger partial charge in [-0.2, -0.15) is 0 Å². The quantitative estimate of drug-likeness (QED) is 0.0158. The molecular weight excluding hydrogens is 1090 g/mol. The highest BCUT2D eigenvalue weighted by molar-refractivity contribution is 7.99. The highest BCUT2D eigenvalue weighted by atomic mass is 35.5. The van der Waals surface area contributed by atoms with E-state index in [0.717, 1.165) is 77.0 Å². The molecule has 4 heterocycles. The number of methoxy groups -OCH3 is 3. The Kier molecular flexibility index (Phi) is 28.3. The molecule has 3 aromatic carbocycles. The van der Waals surface area contributed by atoms with Gasteiger partial charge in [0.15, 0.2) is 62.1 Å². The number of anilines is 3. The summed E-state index contributed by atoms with van der Waals surface area (Å²) in [6.07, 6.45) is 3.45. The van der Waals surface area contributed by atoms with Crippen LogP contribution in [0.25, 0.3) is 22.1 Å². The highest BCUT2D eigenvalue weighted by Crippen LogP contribution is 2.27. The fourth-order valence-electron chi connectivity index (χ4n) is 5.72. The summed E-state index contributed by atoms with van der Waals surface area (Å²) in [5.74, 6) is -7.80. The van der Waals surface area contributed by atoms with Gasteiger partial charge in [-0.15, -0.1) is 23.2 Å². The molecule has 0 spiro atoms. The fraction of sp³-hybridized carbons (Fsp3) is 0.298. The standard InChI is InChI=1S/C16H14F2N4O2S.C9H8ClF2NO2.C7H7F2NO.C7H7N3S.C6H15N.C2H2Cl2O/c1-8-3-12-13(6-19-8)22-16(21-12)25-7-14(23)20-9-4-10(17)15(24-2)11(18)5-9;1-15-9-6(11)2-5(3-7(9)12)13-8(14)4-10;1-11-7-5(8)2-4(10)3-6(7)9;1-4-2-5-6(3-8-4)10-7(11)9-5;1-4-7(5-2)6-3;3-1-2(4)5/h3-6H,7H2,1-2H3,(H,20,23)(H,21,22);2-3H,4H2,1H3,(H,13,14);2-3H,10H2,1H3;2-3H,1H3,(H2,9,10,11);4-6H2,1-3H3;1H2. The molecular formula is C47H53Cl3F6N10O6S2. The Balaban J connectivity index is 0.000000329. The van der Waals surface area contributed by atoms with Crippen LogP contribution in [0, 0.1) is 53.5 Å². The van der Waals surface area contributed by atoms with Gasteiger partial charge in [0, 0.05) is 64.8 Å². The number of imidazole rings is 2. The first-order chi connectivity index (χ1) is 35.1. The molecule has 0 aliphatic carbocycles. The van der Waals surface area contributed by atoms with Crippen molar-refractivity contribution in [2.75, 3.05) is 74.8 Å². The predicted molar refractivity (Wildman–Crippen MR) is 282 cm³/mol.